The molecular weight excluding hydrogens is 136 g/mol. The predicted octanol–water partition coefficient (Wildman–Crippen LogP) is 1.18. The van der Waals surface area contributed by atoms with E-state index in [0.717, 1.165) is 0 Å². The Kier molecular flexibility index (Phi) is 1.90. The smallest absolute Gasteiger partial charge is 0.0713 e. The highest BCUT2D eigenvalue weighted by Gasteiger charge is 2.42. The van der Waals surface area contributed by atoms with Crippen molar-refractivity contribution in [2.24, 2.45) is 0 Å². The normalized spacial score (nSPS) is 37.9. The molecule has 2 heterocycles. The van der Waals surface area contributed by atoms with Crippen LogP contribution >= 0.6 is 0 Å². The average molecular weight is 154 g/mol. The summed E-state index contributed by atoms with van der Waals surface area (Å²) in [6.07, 6.45) is 5.42. The second-order valence-corrected chi connectivity index (χ2v) is 3.80. The third kappa shape index (κ3) is 1.09. The molecule has 2 aliphatic heterocycles. The highest BCUT2D eigenvalue weighted by Crippen LogP contribution is 2.33. The van der Waals surface area contributed by atoms with Crippen LogP contribution in [0.15, 0.2) is 0 Å². The molecule has 1 N–H and O–H groups in total. The highest BCUT2D eigenvalue weighted by atomic mass is 15.4. The standard InChI is InChI=1S/C9H18N2/c1-2-4-9-5-3-7-11(9)8-6-10-9/h10H,2-8H2,1H3. The molecule has 0 saturated carbocycles. The average Bonchev–Trinajstić information content (AvgIpc) is 2.45. The first-order valence-electron chi connectivity index (χ1n) is 4.87. The molecule has 0 radical (unpaired) electrons. The fourth-order valence-corrected chi connectivity index (χ4v) is 2.67. The van der Waals surface area contributed by atoms with E-state index in [0.29, 0.717) is 5.66 Å². The maximum absolute atomic E-state index is 3.66. The molecule has 0 aromatic carbocycles. The van der Waals surface area contributed by atoms with Crippen molar-refractivity contribution in [2.75, 3.05) is 19.6 Å². The predicted molar refractivity (Wildman–Crippen MR) is 46.4 cm³/mol. The molecule has 0 aliphatic carbocycles. The summed E-state index contributed by atoms with van der Waals surface area (Å²) in [6, 6.07) is 0. The minimum absolute atomic E-state index is 0.439. The number of hydrogen-bond acceptors (Lipinski definition) is 2. The van der Waals surface area contributed by atoms with Crippen LogP contribution in [0.5, 0.6) is 0 Å². The van der Waals surface area contributed by atoms with Crippen molar-refractivity contribution in [1.29, 1.82) is 0 Å². The van der Waals surface area contributed by atoms with E-state index in [1.54, 1.807) is 0 Å². The Balaban J connectivity index is 2.07. The van der Waals surface area contributed by atoms with Crippen molar-refractivity contribution in [2.45, 2.75) is 38.3 Å². The topological polar surface area (TPSA) is 15.3 Å². The van der Waals surface area contributed by atoms with Gasteiger partial charge in [0.1, 0.15) is 0 Å². The van der Waals surface area contributed by atoms with Gasteiger partial charge < -0.3 is 0 Å². The Morgan fingerprint density at radius 3 is 3.18 bits per heavy atom. The zero-order chi connectivity index (χ0) is 7.73. The minimum Gasteiger partial charge on any atom is -0.298 e. The maximum atomic E-state index is 3.66. The second kappa shape index (κ2) is 2.76. The molecular formula is C9H18N2. The van der Waals surface area contributed by atoms with Gasteiger partial charge in [0.25, 0.3) is 0 Å². The lowest BCUT2D eigenvalue weighted by Crippen LogP contribution is -2.46. The maximum Gasteiger partial charge on any atom is 0.0713 e. The number of rotatable bonds is 2. The van der Waals surface area contributed by atoms with Crippen LogP contribution in [0.25, 0.3) is 0 Å². The van der Waals surface area contributed by atoms with Crippen LogP contribution in [0.2, 0.25) is 0 Å². The van der Waals surface area contributed by atoms with E-state index >= 15 is 0 Å². The van der Waals surface area contributed by atoms with Gasteiger partial charge in [-0.05, 0) is 19.3 Å². The lowest BCUT2D eigenvalue weighted by molar-refractivity contribution is 0.159. The quantitative estimate of drug-likeness (QED) is 0.642. The van der Waals surface area contributed by atoms with E-state index < -0.39 is 0 Å². The largest absolute Gasteiger partial charge is 0.298 e. The summed E-state index contributed by atoms with van der Waals surface area (Å²) in [6.45, 7) is 6.10. The van der Waals surface area contributed by atoms with Crippen LogP contribution in [0.3, 0.4) is 0 Å². The molecule has 2 fully saturated rings. The van der Waals surface area contributed by atoms with E-state index in [2.05, 4.69) is 17.1 Å². The Morgan fingerprint density at radius 1 is 1.45 bits per heavy atom. The summed E-state index contributed by atoms with van der Waals surface area (Å²) in [5.41, 5.74) is 0.439. The summed E-state index contributed by atoms with van der Waals surface area (Å²) in [4.78, 5) is 2.64. The molecule has 2 heteroatoms. The van der Waals surface area contributed by atoms with Gasteiger partial charge in [0, 0.05) is 19.6 Å². The van der Waals surface area contributed by atoms with Crippen molar-refractivity contribution in [3.63, 3.8) is 0 Å². The zero-order valence-electron chi connectivity index (χ0n) is 7.40. The molecule has 0 amide bonds. The highest BCUT2D eigenvalue weighted by molar-refractivity contribution is 4.97. The molecule has 0 aromatic rings. The molecule has 0 aromatic heterocycles. The molecule has 64 valence electrons. The molecule has 2 rings (SSSR count). The van der Waals surface area contributed by atoms with Crippen molar-refractivity contribution in [3.8, 4) is 0 Å². The van der Waals surface area contributed by atoms with E-state index in [1.165, 1.54) is 45.3 Å². The van der Waals surface area contributed by atoms with Crippen molar-refractivity contribution in [1.82, 2.24) is 10.2 Å². The van der Waals surface area contributed by atoms with Crippen molar-refractivity contribution >= 4 is 0 Å². The molecule has 1 atom stereocenters. The summed E-state index contributed by atoms with van der Waals surface area (Å²) in [7, 11) is 0. The minimum atomic E-state index is 0.439. The van der Waals surface area contributed by atoms with Crippen molar-refractivity contribution in [3.05, 3.63) is 0 Å². The molecule has 1 unspecified atom stereocenters. The van der Waals surface area contributed by atoms with Crippen LogP contribution in [0, 0.1) is 0 Å². The monoisotopic (exact) mass is 154 g/mol. The van der Waals surface area contributed by atoms with Gasteiger partial charge >= 0.3 is 0 Å². The number of hydrogen-bond donors (Lipinski definition) is 1. The zero-order valence-corrected chi connectivity index (χ0v) is 7.40. The van der Waals surface area contributed by atoms with Crippen LogP contribution in [-0.4, -0.2) is 30.2 Å². The third-order valence-corrected chi connectivity index (χ3v) is 3.12. The summed E-state index contributed by atoms with van der Waals surface area (Å²) < 4.78 is 0. The van der Waals surface area contributed by atoms with Crippen LogP contribution in [0.1, 0.15) is 32.6 Å². The van der Waals surface area contributed by atoms with Gasteiger partial charge in [-0.15, -0.1) is 0 Å². The Bertz CT molecular complexity index is 134. The van der Waals surface area contributed by atoms with Gasteiger partial charge in [-0.2, -0.15) is 0 Å². The fraction of sp³-hybridized carbons (Fsp3) is 1.00. The molecule has 0 spiro atoms. The van der Waals surface area contributed by atoms with Gasteiger partial charge in [-0.3, -0.25) is 10.2 Å². The van der Waals surface area contributed by atoms with Gasteiger partial charge in [0.2, 0.25) is 0 Å². The van der Waals surface area contributed by atoms with Gasteiger partial charge in [0.15, 0.2) is 0 Å². The summed E-state index contributed by atoms with van der Waals surface area (Å²) in [5, 5.41) is 3.66. The van der Waals surface area contributed by atoms with E-state index in [4.69, 9.17) is 0 Å². The first-order chi connectivity index (χ1) is 5.37. The first-order valence-corrected chi connectivity index (χ1v) is 4.87. The number of fused-ring (bicyclic) bond motifs is 1. The van der Waals surface area contributed by atoms with Crippen LogP contribution in [-0.2, 0) is 0 Å². The summed E-state index contributed by atoms with van der Waals surface area (Å²) >= 11 is 0. The van der Waals surface area contributed by atoms with Crippen molar-refractivity contribution < 1.29 is 0 Å². The van der Waals surface area contributed by atoms with Gasteiger partial charge in [-0.25, -0.2) is 0 Å². The van der Waals surface area contributed by atoms with E-state index in [9.17, 15) is 0 Å². The summed E-state index contributed by atoms with van der Waals surface area (Å²) in [5.74, 6) is 0. The Hall–Kier alpha value is -0.0800. The molecule has 0 bridgehead atoms. The Labute approximate surface area is 69.0 Å². The van der Waals surface area contributed by atoms with Gasteiger partial charge in [0.05, 0.1) is 5.66 Å². The second-order valence-electron chi connectivity index (χ2n) is 3.80. The van der Waals surface area contributed by atoms with Crippen LogP contribution in [0.4, 0.5) is 0 Å². The lowest BCUT2D eigenvalue weighted by atomic mass is 10.0. The van der Waals surface area contributed by atoms with E-state index in [-0.39, 0.29) is 0 Å². The molecule has 2 saturated heterocycles. The first kappa shape index (κ1) is 7.56. The lowest BCUT2D eigenvalue weighted by Gasteiger charge is -2.31. The van der Waals surface area contributed by atoms with Gasteiger partial charge in [-0.1, -0.05) is 13.3 Å². The molecule has 11 heavy (non-hydrogen) atoms. The number of nitrogens with zero attached hydrogens (tertiary/aromatic N) is 1. The Morgan fingerprint density at radius 2 is 2.36 bits per heavy atom. The van der Waals surface area contributed by atoms with E-state index in [1.807, 2.05) is 0 Å². The molecule has 2 aliphatic rings. The third-order valence-electron chi connectivity index (χ3n) is 3.12. The SMILES string of the molecule is CCCC12CCCN1CCN2. The fourth-order valence-electron chi connectivity index (χ4n) is 2.67. The van der Waals surface area contributed by atoms with Crippen LogP contribution < -0.4 is 5.32 Å². The number of nitrogens with one attached hydrogen (secondary N) is 1. The molecule has 2 nitrogen and oxygen atoms in total.